The maximum Gasteiger partial charge on any atom is 0.325 e. The molecule has 1 aliphatic rings. The number of urea groups is 1. The molecule has 0 bridgehead atoms. The van der Waals surface area contributed by atoms with Crippen LogP contribution in [0.2, 0.25) is 0 Å². The zero-order valence-corrected chi connectivity index (χ0v) is 15.1. The van der Waals surface area contributed by atoms with E-state index in [9.17, 15) is 18.4 Å². The fourth-order valence-corrected chi connectivity index (χ4v) is 3.61. The lowest BCUT2D eigenvalue weighted by atomic mass is 9.88. The van der Waals surface area contributed by atoms with Crippen molar-refractivity contribution in [1.29, 1.82) is 0 Å². The smallest absolute Gasteiger partial charge is 0.319 e. The molecule has 136 valence electrons. The van der Waals surface area contributed by atoms with E-state index in [0.29, 0.717) is 22.2 Å². The number of benzene rings is 2. The van der Waals surface area contributed by atoms with Crippen molar-refractivity contribution in [3.8, 4) is 0 Å². The molecule has 3 rings (SSSR count). The number of alkyl halides is 2. The van der Waals surface area contributed by atoms with Crippen LogP contribution < -0.4 is 5.32 Å². The van der Waals surface area contributed by atoms with E-state index in [4.69, 9.17) is 0 Å². The minimum absolute atomic E-state index is 0.0891. The lowest BCUT2D eigenvalue weighted by Crippen LogP contribution is -2.41. The molecule has 1 saturated heterocycles. The van der Waals surface area contributed by atoms with E-state index in [1.165, 1.54) is 0 Å². The number of carbonyl (C=O) groups excluding carboxylic acids is 2. The second-order valence-electron chi connectivity index (χ2n) is 6.28. The number of hydrogen-bond acceptors (Lipinski definition) is 3. The molecule has 26 heavy (non-hydrogen) atoms. The molecule has 0 aliphatic carbocycles. The molecular weight excluding hydrogens is 358 g/mol. The Hall–Kier alpha value is -2.41. The highest BCUT2D eigenvalue weighted by Gasteiger charge is 2.49. The SMILES string of the molecule is Cc1ccccc1C1(C)NC(=O)N(Cc2ccc(SC(F)F)cc2)C1=O. The highest BCUT2D eigenvalue weighted by molar-refractivity contribution is 7.99. The number of nitrogens with one attached hydrogen (secondary N) is 1. The van der Waals surface area contributed by atoms with Gasteiger partial charge in [0.2, 0.25) is 0 Å². The van der Waals surface area contributed by atoms with E-state index in [2.05, 4.69) is 5.32 Å². The predicted octanol–water partition coefficient (Wildman–Crippen LogP) is 4.28. The van der Waals surface area contributed by atoms with Crippen LogP contribution in [0.5, 0.6) is 0 Å². The van der Waals surface area contributed by atoms with E-state index < -0.39 is 17.3 Å². The van der Waals surface area contributed by atoms with E-state index in [1.54, 1.807) is 31.2 Å². The van der Waals surface area contributed by atoms with Crippen LogP contribution in [-0.4, -0.2) is 22.6 Å². The van der Waals surface area contributed by atoms with Crippen LogP contribution in [0.3, 0.4) is 0 Å². The first-order valence-corrected chi connectivity index (χ1v) is 8.93. The fourth-order valence-electron chi connectivity index (χ4n) is 3.12. The van der Waals surface area contributed by atoms with Crippen molar-refractivity contribution in [3.63, 3.8) is 0 Å². The van der Waals surface area contributed by atoms with Gasteiger partial charge in [0, 0.05) is 4.90 Å². The van der Waals surface area contributed by atoms with Gasteiger partial charge in [0.1, 0.15) is 5.54 Å². The summed E-state index contributed by atoms with van der Waals surface area (Å²) in [7, 11) is 0. The van der Waals surface area contributed by atoms with Crippen molar-refractivity contribution in [3.05, 3.63) is 65.2 Å². The first kappa shape index (κ1) is 18.4. The van der Waals surface area contributed by atoms with Gasteiger partial charge in [-0.2, -0.15) is 8.78 Å². The lowest BCUT2D eigenvalue weighted by Gasteiger charge is -2.24. The lowest BCUT2D eigenvalue weighted by molar-refractivity contribution is -0.131. The summed E-state index contributed by atoms with van der Waals surface area (Å²) < 4.78 is 24.8. The quantitative estimate of drug-likeness (QED) is 0.626. The number of aryl methyl sites for hydroxylation is 1. The van der Waals surface area contributed by atoms with Crippen LogP contribution in [0.4, 0.5) is 13.6 Å². The van der Waals surface area contributed by atoms with Gasteiger partial charge in [-0.15, -0.1) is 0 Å². The molecule has 0 radical (unpaired) electrons. The van der Waals surface area contributed by atoms with Gasteiger partial charge >= 0.3 is 6.03 Å². The molecule has 1 aliphatic heterocycles. The number of rotatable bonds is 5. The Morgan fingerprint density at radius 1 is 1.12 bits per heavy atom. The molecule has 7 heteroatoms. The monoisotopic (exact) mass is 376 g/mol. The molecule has 1 heterocycles. The summed E-state index contributed by atoms with van der Waals surface area (Å²) in [6.07, 6.45) is 0. The summed E-state index contributed by atoms with van der Waals surface area (Å²) in [5.74, 6) is -2.82. The van der Waals surface area contributed by atoms with Crippen LogP contribution in [0.25, 0.3) is 0 Å². The van der Waals surface area contributed by atoms with Gasteiger partial charge in [-0.25, -0.2) is 4.79 Å². The third-order valence-corrected chi connectivity index (χ3v) is 5.17. The second kappa shape index (κ2) is 7.07. The molecule has 0 aromatic heterocycles. The Kier molecular flexibility index (Phi) is 5.00. The Morgan fingerprint density at radius 2 is 1.77 bits per heavy atom. The number of nitrogens with zero attached hydrogens (tertiary/aromatic N) is 1. The summed E-state index contributed by atoms with van der Waals surface area (Å²) >= 11 is 0.456. The summed E-state index contributed by atoms with van der Waals surface area (Å²) in [6.45, 7) is 3.67. The molecule has 1 atom stereocenters. The van der Waals surface area contributed by atoms with Crippen molar-refractivity contribution < 1.29 is 18.4 Å². The minimum Gasteiger partial charge on any atom is -0.319 e. The van der Waals surface area contributed by atoms with Gasteiger partial charge in [0.15, 0.2) is 0 Å². The average molecular weight is 376 g/mol. The largest absolute Gasteiger partial charge is 0.325 e. The second-order valence-corrected chi connectivity index (χ2v) is 7.35. The summed E-state index contributed by atoms with van der Waals surface area (Å²) in [6, 6.07) is 13.4. The van der Waals surface area contributed by atoms with Crippen molar-refractivity contribution in [2.75, 3.05) is 0 Å². The number of amides is 3. The molecule has 0 spiro atoms. The third-order valence-electron chi connectivity index (χ3n) is 4.45. The number of imide groups is 1. The predicted molar refractivity (Wildman–Crippen MR) is 95.9 cm³/mol. The van der Waals surface area contributed by atoms with Crippen molar-refractivity contribution in [2.24, 2.45) is 0 Å². The molecule has 3 amide bonds. The number of halogens is 2. The van der Waals surface area contributed by atoms with E-state index >= 15 is 0 Å². The topological polar surface area (TPSA) is 49.4 Å². The van der Waals surface area contributed by atoms with Gasteiger partial charge in [0.25, 0.3) is 11.7 Å². The zero-order chi connectivity index (χ0) is 18.9. The Balaban J connectivity index is 1.80. The minimum atomic E-state index is -2.48. The summed E-state index contributed by atoms with van der Waals surface area (Å²) in [4.78, 5) is 26.9. The van der Waals surface area contributed by atoms with Gasteiger partial charge in [-0.3, -0.25) is 9.69 Å². The van der Waals surface area contributed by atoms with Gasteiger partial charge in [0.05, 0.1) is 6.54 Å². The molecule has 1 fully saturated rings. The van der Waals surface area contributed by atoms with Gasteiger partial charge in [-0.1, -0.05) is 48.2 Å². The Labute approximate surface area is 154 Å². The first-order chi connectivity index (χ1) is 12.3. The van der Waals surface area contributed by atoms with Crippen molar-refractivity contribution in [2.45, 2.75) is 36.6 Å². The Morgan fingerprint density at radius 3 is 2.38 bits per heavy atom. The molecule has 1 N–H and O–H groups in total. The Bertz CT molecular complexity index is 842. The molecule has 1 unspecified atom stereocenters. The first-order valence-electron chi connectivity index (χ1n) is 8.05. The van der Waals surface area contributed by atoms with Crippen molar-refractivity contribution >= 4 is 23.7 Å². The molecule has 4 nitrogen and oxygen atoms in total. The summed E-state index contributed by atoms with van der Waals surface area (Å²) in [5, 5.41) is 2.78. The average Bonchev–Trinajstić information content (AvgIpc) is 2.80. The molecule has 2 aromatic carbocycles. The highest BCUT2D eigenvalue weighted by Crippen LogP contribution is 2.32. The summed E-state index contributed by atoms with van der Waals surface area (Å²) in [5.41, 5.74) is 1.25. The zero-order valence-electron chi connectivity index (χ0n) is 14.3. The molecule has 2 aromatic rings. The van der Waals surface area contributed by atoms with Crippen LogP contribution in [0, 0.1) is 6.92 Å². The third kappa shape index (κ3) is 3.44. The van der Waals surface area contributed by atoms with E-state index in [1.807, 2.05) is 31.2 Å². The standard InChI is InChI=1S/C19H18F2N2O2S/c1-12-5-3-4-6-15(12)19(2)16(24)23(18(25)22-19)11-13-7-9-14(10-8-13)26-17(20)21/h3-10,17H,11H2,1-2H3,(H,22,25). The maximum atomic E-state index is 12.9. The normalized spacial score (nSPS) is 20.0. The van der Waals surface area contributed by atoms with Gasteiger partial charge in [-0.05, 0) is 42.7 Å². The molecule has 0 saturated carbocycles. The molecular formula is C19H18F2N2O2S. The maximum absolute atomic E-state index is 12.9. The highest BCUT2D eigenvalue weighted by atomic mass is 32.2. The number of thioether (sulfide) groups is 1. The fraction of sp³-hybridized carbons (Fsp3) is 0.263. The van der Waals surface area contributed by atoms with Crippen LogP contribution in [-0.2, 0) is 16.9 Å². The van der Waals surface area contributed by atoms with E-state index in [0.717, 1.165) is 16.0 Å². The van der Waals surface area contributed by atoms with Crippen molar-refractivity contribution in [1.82, 2.24) is 10.2 Å². The number of carbonyl (C=O) groups is 2. The van der Waals surface area contributed by atoms with Gasteiger partial charge < -0.3 is 5.32 Å². The van der Waals surface area contributed by atoms with E-state index in [-0.39, 0.29) is 12.5 Å². The number of hydrogen-bond donors (Lipinski definition) is 1. The van der Waals surface area contributed by atoms with Crippen LogP contribution in [0.1, 0.15) is 23.6 Å². The van der Waals surface area contributed by atoms with Crippen LogP contribution in [0.15, 0.2) is 53.4 Å². The van der Waals surface area contributed by atoms with Crippen LogP contribution >= 0.6 is 11.8 Å².